The number of hydrogen-bond acceptors (Lipinski definition) is 0. The van der Waals surface area contributed by atoms with Crippen molar-refractivity contribution < 1.29 is 0 Å². The second kappa shape index (κ2) is 7.42. The Morgan fingerprint density at radius 2 is 0.857 bits per heavy atom. The first-order chi connectivity index (χ1) is 6.25. The summed E-state index contributed by atoms with van der Waals surface area (Å²) in [4.78, 5) is 2.74. The first-order valence-electron chi connectivity index (χ1n) is 5.19. The van der Waals surface area contributed by atoms with Crippen molar-refractivity contribution in [1.82, 2.24) is 0 Å². The molecule has 0 heterocycles. The topological polar surface area (TPSA) is 0 Å². The molecule has 0 aliphatic carbocycles. The fourth-order valence-electron chi connectivity index (χ4n) is 2.44. The van der Waals surface area contributed by atoms with Crippen LogP contribution in [0.1, 0.15) is 0 Å². The molecule has 0 atom stereocenters. The third kappa shape index (κ3) is 8.27. The van der Waals surface area contributed by atoms with Crippen molar-refractivity contribution in [2.45, 2.75) is 4.94 Å². The van der Waals surface area contributed by atoms with Crippen LogP contribution >= 0.6 is 23.8 Å². The summed E-state index contributed by atoms with van der Waals surface area (Å²) in [6.45, 7) is 14.9. The van der Waals surface area contributed by atoms with Crippen LogP contribution in [0.15, 0.2) is 0 Å². The maximum atomic E-state index is 2.74. The molecule has 14 heavy (non-hydrogen) atoms. The summed E-state index contributed by atoms with van der Waals surface area (Å²) in [6.07, 6.45) is 0. The molecule has 0 rings (SSSR count). The zero-order valence-electron chi connectivity index (χ0n) is 11.0. The quantitative estimate of drug-likeness (QED) is 0.499. The average molecular weight is 359 g/mol. The molecule has 0 aliphatic rings. The van der Waals surface area contributed by atoms with E-state index in [-0.39, 0.29) is 0 Å². The number of rotatable bonds is 6. The summed E-state index contributed by atoms with van der Waals surface area (Å²) in [7, 11) is 1.09. The molecule has 0 saturated heterocycles. The van der Waals surface area contributed by atoms with Gasteiger partial charge in [0.05, 0.1) is 0 Å². The molecule has 0 unspecified atom stereocenters. The minimum absolute atomic E-state index is 0.364. The van der Waals surface area contributed by atoms with E-state index in [0.717, 1.165) is 0 Å². The van der Waals surface area contributed by atoms with Gasteiger partial charge in [0.15, 0.2) is 0 Å². The van der Waals surface area contributed by atoms with Gasteiger partial charge in [-0.25, -0.2) is 0 Å². The molecule has 0 saturated carbocycles. The van der Waals surface area contributed by atoms with Crippen molar-refractivity contribution in [2.24, 2.45) is 0 Å². The van der Waals surface area contributed by atoms with E-state index in [9.17, 15) is 0 Å². The zero-order valence-corrected chi connectivity index (χ0v) is 16.5. The number of hydrogen-bond donors (Lipinski definition) is 0. The van der Waals surface area contributed by atoms with Crippen LogP contribution in [0.2, 0.25) is 4.94 Å². The summed E-state index contributed by atoms with van der Waals surface area (Å²) in [5.41, 5.74) is 0. The van der Waals surface area contributed by atoms with E-state index in [2.05, 4.69) is 44.9 Å². The van der Waals surface area contributed by atoms with Gasteiger partial charge in [-0.05, 0) is 0 Å². The second-order valence-electron chi connectivity index (χ2n) is 5.52. The Labute approximate surface area is 99.1 Å². The van der Waals surface area contributed by atoms with Crippen LogP contribution in [0.25, 0.3) is 0 Å². The van der Waals surface area contributed by atoms with Crippen LogP contribution < -0.4 is 0 Å². The van der Waals surface area contributed by atoms with Gasteiger partial charge in [-0.15, -0.1) is 0 Å². The molecule has 0 bridgehead atoms. The summed E-state index contributed by atoms with van der Waals surface area (Å²) in [5, 5.41) is 0. The molecular formula is C10H27P3Sn. The monoisotopic (exact) mass is 360 g/mol. The molecule has 4 heteroatoms. The predicted molar refractivity (Wildman–Crippen MR) is 82.5 cm³/mol. The van der Waals surface area contributed by atoms with Gasteiger partial charge in [0.1, 0.15) is 0 Å². The Morgan fingerprint density at radius 3 is 1.00 bits per heavy atom. The molecule has 0 aromatic heterocycles. The van der Waals surface area contributed by atoms with Gasteiger partial charge < -0.3 is 0 Å². The molecule has 0 aromatic rings. The molecule has 0 nitrogen and oxygen atoms in total. The summed E-state index contributed by atoms with van der Waals surface area (Å²) in [6, 6.07) is 0. The molecule has 0 aliphatic heterocycles. The van der Waals surface area contributed by atoms with Crippen LogP contribution in [0.4, 0.5) is 0 Å². The first kappa shape index (κ1) is 16.1. The normalized spacial score (nSPS) is 13.3. The molecule has 0 N–H and O–H groups in total. The Hall–Kier alpha value is 2.09. The van der Waals surface area contributed by atoms with Gasteiger partial charge in [-0.3, -0.25) is 0 Å². The molecular weight excluding hydrogens is 332 g/mol. The van der Waals surface area contributed by atoms with Crippen molar-refractivity contribution in [3.8, 4) is 0 Å². The zero-order chi connectivity index (χ0) is 11.4. The van der Waals surface area contributed by atoms with Crippen LogP contribution in [0, 0.1) is 0 Å². The van der Waals surface area contributed by atoms with E-state index < -0.39 is 18.4 Å². The molecule has 0 aromatic carbocycles. The SMILES string of the molecule is CP(C)[CH2][Sn]([CH3])([CH2]P(C)C)[CH2]P(C)C. The van der Waals surface area contributed by atoms with Crippen molar-refractivity contribution in [1.29, 1.82) is 0 Å². The molecule has 0 fully saturated rings. The fourth-order valence-corrected chi connectivity index (χ4v) is 55.1. The Kier molecular flexibility index (Phi) is 8.53. The third-order valence-corrected chi connectivity index (χ3v) is 42.1. The molecule has 0 amide bonds. The first-order valence-corrected chi connectivity index (χ1v) is 21.4. The Bertz CT molecular complexity index is 131. The summed E-state index contributed by atoms with van der Waals surface area (Å²) in [5.74, 6) is 0. The van der Waals surface area contributed by atoms with Crippen molar-refractivity contribution in [2.75, 3.05) is 52.5 Å². The predicted octanol–water partition coefficient (Wildman–Crippen LogP) is 3.91. The van der Waals surface area contributed by atoms with Gasteiger partial charge in [-0.1, -0.05) is 0 Å². The van der Waals surface area contributed by atoms with E-state index in [0.29, 0.717) is 23.8 Å². The van der Waals surface area contributed by atoms with Gasteiger partial charge >= 0.3 is 99.6 Å². The van der Waals surface area contributed by atoms with Crippen molar-refractivity contribution >= 4 is 42.1 Å². The van der Waals surface area contributed by atoms with Crippen molar-refractivity contribution in [3.63, 3.8) is 0 Å². The minimum atomic E-state index is -1.62. The van der Waals surface area contributed by atoms with E-state index in [1.807, 2.05) is 0 Å². The van der Waals surface area contributed by atoms with Gasteiger partial charge in [0.2, 0.25) is 0 Å². The second-order valence-corrected chi connectivity index (χ2v) is 31.4. The van der Waals surface area contributed by atoms with E-state index in [4.69, 9.17) is 0 Å². The van der Waals surface area contributed by atoms with E-state index in [1.54, 1.807) is 12.5 Å². The van der Waals surface area contributed by atoms with Gasteiger partial charge in [0, 0.05) is 0 Å². The van der Waals surface area contributed by atoms with Crippen LogP contribution in [0.5, 0.6) is 0 Å². The Morgan fingerprint density at radius 1 is 0.643 bits per heavy atom. The summed E-state index contributed by atoms with van der Waals surface area (Å²) >= 11 is -1.62. The summed E-state index contributed by atoms with van der Waals surface area (Å²) < 4.78 is 5.06. The standard InChI is InChI=1S/3C3H8P.CH3.Sn/c3*1-4(2)3;;/h3*1H2,2-3H3;1H3;. The van der Waals surface area contributed by atoms with Crippen LogP contribution in [-0.2, 0) is 0 Å². The van der Waals surface area contributed by atoms with Crippen LogP contribution in [0.3, 0.4) is 0 Å². The van der Waals surface area contributed by atoms with Crippen LogP contribution in [-0.4, -0.2) is 70.9 Å². The van der Waals surface area contributed by atoms with Gasteiger partial charge in [0.25, 0.3) is 0 Å². The van der Waals surface area contributed by atoms with E-state index in [1.165, 1.54) is 0 Å². The van der Waals surface area contributed by atoms with Crippen molar-refractivity contribution in [3.05, 3.63) is 0 Å². The Balaban J connectivity index is 4.32. The third-order valence-electron chi connectivity index (χ3n) is 2.09. The van der Waals surface area contributed by atoms with Gasteiger partial charge in [-0.2, -0.15) is 0 Å². The van der Waals surface area contributed by atoms with E-state index >= 15 is 0 Å². The molecule has 0 radical (unpaired) electrons. The maximum absolute atomic E-state index is 2.74. The average Bonchev–Trinajstić information content (AvgIpc) is 1.76. The molecule has 86 valence electrons. The molecule has 0 spiro atoms. The fraction of sp³-hybridized carbons (Fsp3) is 1.00.